The van der Waals surface area contributed by atoms with Crippen LogP contribution in [-0.4, -0.2) is 31.7 Å². The van der Waals surface area contributed by atoms with Gasteiger partial charge in [-0.05, 0) is 82.2 Å². The van der Waals surface area contributed by atoms with Crippen molar-refractivity contribution in [3.8, 4) is 0 Å². The van der Waals surface area contributed by atoms with Crippen molar-refractivity contribution >= 4 is 9.84 Å². The minimum atomic E-state index is -3.15. The second-order valence-electron chi connectivity index (χ2n) is 7.86. The summed E-state index contributed by atoms with van der Waals surface area (Å²) < 4.78 is 23.9. The van der Waals surface area contributed by atoms with Gasteiger partial charge in [0.05, 0.1) is 4.90 Å². The Balaban J connectivity index is 2.07. The highest BCUT2D eigenvalue weighted by molar-refractivity contribution is 7.90. The molecule has 3 rings (SSSR count). The maximum atomic E-state index is 12.0. The van der Waals surface area contributed by atoms with Gasteiger partial charge in [0.15, 0.2) is 9.84 Å². The van der Waals surface area contributed by atoms with Crippen LogP contribution in [0.25, 0.3) is 0 Å². The Bertz CT molecular complexity index is 669. The van der Waals surface area contributed by atoms with E-state index in [1.165, 1.54) is 36.6 Å². The van der Waals surface area contributed by atoms with E-state index in [2.05, 4.69) is 31.7 Å². The van der Waals surface area contributed by atoms with Crippen LogP contribution in [0.5, 0.6) is 0 Å². The maximum Gasteiger partial charge on any atom is 0.175 e. The van der Waals surface area contributed by atoms with Gasteiger partial charge in [-0.1, -0.05) is 6.07 Å². The van der Waals surface area contributed by atoms with Crippen molar-refractivity contribution in [2.75, 3.05) is 12.8 Å². The zero-order chi connectivity index (χ0) is 16.1. The first-order valence-corrected chi connectivity index (χ1v) is 10.2. The van der Waals surface area contributed by atoms with Crippen LogP contribution in [0, 0.1) is 0 Å². The van der Waals surface area contributed by atoms with E-state index in [9.17, 15) is 8.42 Å². The van der Waals surface area contributed by atoms with Gasteiger partial charge in [-0.15, -0.1) is 0 Å². The van der Waals surface area contributed by atoms with E-state index in [4.69, 9.17) is 0 Å². The van der Waals surface area contributed by atoms with Crippen LogP contribution in [0.1, 0.15) is 69.5 Å². The van der Waals surface area contributed by atoms with E-state index < -0.39 is 9.84 Å². The molecule has 1 aliphatic carbocycles. The molecule has 2 fully saturated rings. The van der Waals surface area contributed by atoms with E-state index in [1.54, 1.807) is 6.07 Å². The number of sulfone groups is 1. The lowest BCUT2D eigenvalue weighted by Gasteiger charge is -2.38. The Kier molecular flexibility index (Phi) is 3.89. The summed E-state index contributed by atoms with van der Waals surface area (Å²) in [6.45, 7) is 7.86. The molecule has 22 heavy (non-hydrogen) atoms. The molecule has 122 valence electrons. The summed E-state index contributed by atoms with van der Waals surface area (Å²) in [6.07, 6.45) is 6.11. The summed E-state index contributed by atoms with van der Waals surface area (Å²) in [6, 6.07) is 6.18. The molecule has 4 heteroatoms. The van der Waals surface area contributed by atoms with E-state index in [-0.39, 0.29) is 5.54 Å². The van der Waals surface area contributed by atoms with Crippen LogP contribution in [0.2, 0.25) is 0 Å². The normalized spacial score (nSPS) is 23.9. The largest absolute Gasteiger partial charge is 0.291 e. The molecule has 0 spiro atoms. The van der Waals surface area contributed by atoms with Crippen LogP contribution >= 0.6 is 0 Å². The van der Waals surface area contributed by atoms with Crippen LogP contribution in [-0.2, 0) is 9.84 Å². The topological polar surface area (TPSA) is 37.4 Å². The molecule has 0 radical (unpaired) electrons. The molecule has 3 nitrogen and oxygen atoms in total. The zero-order valence-electron chi connectivity index (χ0n) is 14.1. The van der Waals surface area contributed by atoms with Crippen molar-refractivity contribution in [3.05, 3.63) is 29.3 Å². The van der Waals surface area contributed by atoms with Gasteiger partial charge in [0.1, 0.15) is 0 Å². The number of benzene rings is 1. The van der Waals surface area contributed by atoms with Gasteiger partial charge in [0.2, 0.25) is 0 Å². The van der Waals surface area contributed by atoms with Crippen LogP contribution in [0.4, 0.5) is 0 Å². The third-order valence-corrected chi connectivity index (χ3v) is 6.09. The number of hydrogen-bond acceptors (Lipinski definition) is 3. The highest BCUT2D eigenvalue weighted by atomic mass is 32.2. The number of nitrogens with zero attached hydrogens (tertiary/aromatic N) is 1. The van der Waals surface area contributed by atoms with Crippen molar-refractivity contribution in [1.82, 2.24) is 4.90 Å². The summed E-state index contributed by atoms with van der Waals surface area (Å²) in [5.74, 6) is 0.644. The molecule has 2 aliphatic rings. The Morgan fingerprint density at radius 2 is 1.77 bits per heavy atom. The minimum absolute atomic E-state index is 0.114. The van der Waals surface area contributed by atoms with E-state index in [0.717, 1.165) is 13.0 Å². The van der Waals surface area contributed by atoms with Crippen molar-refractivity contribution in [2.24, 2.45) is 0 Å². The summed E-state index contributed by atoms with van der Waals surface area (Å²) in [7, 11) is -3.15. The SMILES string of the molecule is CC(C)(C)N1CCCC1c1cc(S(C)(=O)=O)ccc1C1CC1. The average Bonchev–Trinajstić information content (AvgIpc) is 3.12. The fourth-order valence-electron chi connectivity index (χ4n) is 3.73. The third-order valence-electron chi connectivity index (χ3n) is 4.98. The second-order valence-corrected chi connectivity index (χ2v) is 9.88. The molecule has 1 saturated carbocycles. The van der Waals surface area contributed by atoms with Crippen molar-refractivity contribution in [3.63, 3.8) is 0 Å². The van der Waals surface area contributed by atoms with E-state index in [1.807, 2.05) is 6.07 Å². The minimum Gasteiger partial charge on any atom is -0.291 e. The molecule has 1 aromatic rings. The predicted molar refractivity (Wildman–Crippen MR) is 90.0 cm³/mol. The standard InChI is InChI=1S/C18H27NO2S/c1-18(2,3)19-11-5-6-17(19)16-12-14(22(4,20)21)9-10-15(16)13-7-8-13/h9-10,12-13,17H,5-8,11H2,1-4H3. The molecule has 1 aliphatic heterocycles. The van der Waals surface area contributed by atoms with E-state index >= 15 is 0 Å². The molecular formula is C18H27NO2S. The predicted octanol–water partition coefficient (Wildman–Crippen LogP) is 3.90. The summed E-state index contributed by atoms with van der Waals surface area (Å²) >= 11 is 0. The van der Waals surface area contributed by atoms with Gasteiger partial charge < -0.3 is 0 Å². The van der Waals surface area contributed by atoms with Gasteiger partial charge in [-0.3, -0.25) is 4.90 Å². The second kappa shape index (κ2) is 5.34. The highest BCUT2D eigenvalue weighted by Gasteiger charge is 2.37. The first kappa shape index (κ1) is 16.0. The third kappa shape index (κ3) is 3.09. The molecule has 1 atom stereocenters. The lowest BCUT2D eigenvalue weighted by atomic mass is 9.93. The molecule has 0 amide bonds. The van der Waals surface area contributed by atoms with Crippen molar-refractivity contribution in [1.29, 1.82) is 0 Å². The number of rotatable bonds is 3. The lowest BCUT2D eigenvalue weighted by Crippen LogP contribution is -2.40. The van der Waals surface area contributed by atoms with Crippen molar-refractivity contribution < 1.29 is 8.42 Å². The molecule has 1 aromatic carbocycles. The molecular weight excluding hydrogens is 294 g/mol. The molecule has 1 saturated heterocycles. The lowest BCUT2D eigenvalue weighted by molar-refractivity contribution is 0.121. The van der Waals surface area contributed by atoms with Gasteiger partial charge in [-0.25, -0.2) is 8.42 Å². The molecule has 0 N–H and O–H groups in total. The number of likely N-dealkylation sites (tertiary alicyclic amines) is 1. The van der Waals surface area contributed by atoms with Crippen LogP contribution in [0.15, 0.2) is 23.1 Å². The quantitative estimate of drug-likeness (QED) is 0.847. The Morgan fingerprint density at radius 1 is 1.09 bits per heavy atom. The first-order chi connectivity index (χ1) is 10.2. The fraction of sp³-hybridized carbons (Fsp3) is 0.667. The summed E-state index contributed by atoms with van der Waals surface area (Å²) in [5, 5.41) is 0. The molecule has 0 bridgehead atoms. The Labute approximate surface area is 134 Å². The maximum absolute atomic E-state index is 12.0. The van der Waals surface area contributed by atoms with Gasteiger partial charge >= 0.3 is 0 Å². The average molecular weight is 321 g/mol. The zero-order valence-corrected chi connectivity index (χ0v) is 14.9. The Hall–Kier alpha value is -0.870. The van der Waals surface area contributed by atoms with Crippen LogP contribution in [0.3, 0.4) is 0 Å². The van der Waals surface area contributed by atoms with Crippen LogP contribution < -0.4 is 0 Å². The van der Waals surface area contributed by atoms with Gasteiger partial charge in [0, 0.05) is 17.8 Å². The highest BCUT2D eigenvalue weighted by Crippen LogP contribution is 2.47. The van der Waals surface area contributed by atoms with Gasteiger partial charge in [-0.2, -0.15) is 0 Å². The van der Waals surface area contributed by atoms with Crippen molar-refractivity contribution in [2.45, 2.75) is 68.8 Å². The Morgan fingerprint density at radius 3 is 2.32 bits per heavy atom. The van der Waals surface area contributed by atoms with E-state index in [0.29, 0.717) is 16.9 Å². The number of hydrogen-bond donors (Lipinski definition) is 0. The fourth-order valence-corrected chi connectivity index (χ4v) is 4.39. The molecule has 1 heterocycles. The smallest absolute Gasteiger partial charge is 0.175 e. The molecule has 0 aromatic heterocycles. The van der Waals surface area contributed by atoms with Gasteiger partial charge in [0.25, 0.3) is 0 Å². The monoisotopic (exact) mass is 321 g/mol. The molecule has 1 unspecified atom stereocenters. The first-order valence-electron chi connectivity index (χ1n) is 8.28. The summed E-state index contributed by atoms with van der Waals surface area (Å²) in [5.41, 5.74) is 2.76. The summed E-state index contributed by atoms with van der Waals surface area (Å²) in [4.78, 5) is 3.01.